The van der Waals surface area contributed by atoms with Crippen LogP contribution in [0, 0.1) is 0 Å². The van der Waals surface area contributed by atoms with Crippen molar-refractivity contribution >= 4 is 5.78 Å². The van der Waals surface area contributed by atoms with Crippen molar-refractivity contribution in [3.8, 4) is 0 Å². The summed E-state index contributed by atoms with van der Waals surface area (Å²) in [7, 11) is 3.99. The Morgan fingerprint density at radius 3 is 2.94 bits per heavy atom. The molecular weight excluding hydrogens is 202 g/mol. The summed E-state index contributed by atoms with van der Waals surface area (Å²) >= 11 is 0. The lowest BCUT2D eigenvalue weighted by Crippen LogP contribution is -2.35. The Morgan fingerprint density at radius 2 is 2.19 bits per heavy atom. The van der Waals surface area contributed by atoms with Crippen molar-refractivity contribution in [3.63, 3.8) is 0 Å². The van der Waals surface area contributed by atoms with Crippen LogP contribution in [0.3, 0.4) is 0 Å². The second kappa shape index (κ2) is 2.98. The van der Waals surface area contributed by atoms with E-state index < -0.39 is 0 Å². The lowest BCUT2D eigenvalue weighted by Gasteiger charge is -2.33. The summed E-state index contributed by atoms with van der Waals surface area (Å²) in [5.74, 6) is -0.0321. The summed E-state index contributed by atoms with van der Waals surface area (Å²) < 4.78 is 1.92. The van der Waals surface area contributed by atoms with Crippen molar-refractivity contribution in [2.75, 3.05) is 13.6 Å². The molecule has 0 saturated carbocycles. The van der Waals surface area contributed by atoms with E-state index in [0.29, 0.717) is 5.70 Å². The van der Waals surface area contributed by atoms with Gasteiger partial charge in [0.05, 0.1) is 17.4 Å². The number of hydrogen-bond donors (Lipinski definition) is 1. The molecule has 1 unspecified atom stereocenters. The van der Waals surface area contributed by atoms with Crippen molar-refractivity contribution in [3.05, 3.63) is 34.8 Å². The number of carbonyl (C=O) groups excluding carboxylic acids is 1. The number of rotatable bonds is 0. The number of ketones is 1. The molecule has 2 N–H and O–H groups in total. The molecule has 1 atom stereocenters. The predicted octanol–water partition coefficient (Wildman–Crippen LogP) is 0.593. The number of likely N-dealkylation sites (N-methyl/N-ethyl adjacent to an activating group) is 1. The third kappa shape index (κ3) is 1.05. The summed E-state index contributed by atoms with van der Waals surface area (Å²) in [5, 5.41) is 0. The minimum atomic E-state index is -0.0321. The Hall–Kier alpha value is -1.55. The van der Waals surface area contributed by atoms with Gasteiger partial charge in [-0.2, -0.15) is 0 Å². The maximum Gasteiger partial charge on any atom is 0.225 e. The SMILES string of the molecule is CN1CCc2cn(C)c3c2C1C=C(N)C3=O. The van der Waals surface area contributed by atoms with Crippen LogP contribution in [-0.4, -0.2) is 28.8 Å². The van der Waals surface area contributed by atoms with E-state index in [-0.39, 0.29) is 11.8 Å². The second-order valence-corrected chi connectivity index (χ2v) is 4.65. The Morgan fingerprint density at radius 1 is 1.44 bits per heavy atom. The van der Waals surface area contributed by atoms with Crippen molar-refractivity contribution in [2.45, 2.75) is 12.5 Å². The molecule has 1 aromatic heterocycles. The quantitative estimate of drug-likeness (QED) is 0.692. The molecule has 1 aliphatic carbocycles. The van der Waals surface area contributed by atoms with Gasteiger partial charge in [-0.15, -0.1) is 0 Å². The Labute approximate surface area is 94.3 Å². The van der Waals surface area contributed by atoms with E-state index in [2.05, 4.69) is 18.1 Å². The van der Waals surface area contributed by atoms with E-state index >= 15 is 0 Å². The van der Waals surface area contributed by atoms with Crippen LogP contribution in [0.2, 0.25) is 0 Å². The Bertz CT molecular complexity index is 513. The van der Waals surface area contributed by atoms with E-state index in [1.807, 2.05) is 17.7 Å². The third-order valence-corrected chi connectivity index (χ3v) is 3.62. The highest BCUT2D eigenvalue weighted by Crippen LogP contribution is 2.37. The fraction of sp³-hybridized carbons (Fsp3) is 0.417. The fourth-order valence-electron chi connectivity index (χ4n) is 2.77. The van der Waals surface area contributed by atoms with Crippen LogP contribution in [0.4, 0.5) is 0 Å². The van der Waals surface area contributed by atoms with Crippen LogP contribution in [0.15, 0.2) is 18.0 Å². The zero-order chi connectivity index (χ0) is 11.4. The summed E-state index contributed by atoms with van der Waals surface area (Å²) in [6, 6.07) is 0.178. The first-order valence-corrected chi connectivity index (χ1v) is 5.50. The minimum Gasteiger partial charge on any atom is -0.396 e. The van der Waals surface area contributed by atoms with Gasteiger partial charge >= 0.3 is 0 Å². The molecule has 84 valence electrons. The number of aryl methyl sites for hydroxylation is 1. The average molecular weight is 217 g/mol. The van der Waals surface area contributed by atoms with Crippen LogP contribution in [0.1, 0.15) is 27.7 Å². The number of carbonyl (C=O) groups is 1. The smallest absolute Gasteiger partial charge is 0.225 e. The third-order valence-electron chi connectivity index (χ3n) is 3.62. The average Bonchev–Trinajstić information content (AvgIpc) is 2.57. The fourth-order valence-corrected chi connectivity index (χ4v) is 2.77. The van der Waals surface area contributed by atoms with Crippen LogP contribution in [0.25, 0.3) is 0 Å². The van der Waals surface area contributed by atoms with Crippen LogP contribution >= 0.6 is 0 Å². The van der Waals surface area contributed by atoms with Gasteiger partial charge in [-0.25, -0.2) is 0 Å². The van der Waals surface area contributed by atoms with Crippen LogP contribution in [-0.2, 0) is 13.5 Å². The topological polar surface area (TPSA) is 51.3 Å². The van der Waals surface area contributed by atoms with Crippen molar-refractivity contribution in [1.82, 2.24) is 9.47 Å². The van der Waals surface area contributed by atoms with Crippen LogP contribution in [0.5, 0.6) is 0 Å². The van der Waals surface area contributed by atoms with E-state index in [0.717, 1.165) is 24.2 Å². The first-order valence-electron chi connectivity index (χ1n) is 5.50. The molecular formula is C12H15N3O. The van der Waals surface area contributed by atoms with Gasteiger partial charge in [0.2, 0.25) is 5.78 Å². The molecule has 4 heteroatoms. The highest BCUT2D eigenvalue weighted by atomic mass is 16.1. The highest BCUT2D eigenvalue weighted by molar-refractivity contribution is 6.09. The lowest BCUT2D eigenvalue weighted by molar-refractivity contribution is 0.101. The van der Waals surface area contributed by atoms with Gasteiger partial charge in [0.15, 0.2) is 0 Å². The summed E-state index contributed by atoms with van der Waals surface area (Å²) in [6.07, 6.45) is 4.96. The Kier molecular flexibility index (Phi) is 1.80. The van der Waals surface area contributed by atoms with E-state index in [9.17, 15) is 4.79 Å². The molecule has 4 nitrogen and oxygen atoms in total. The van der Waals surface area contributed by atoms with Gasteiger partial charge in [0.1, 0.15) is 0 Å². The number of aromatic nitrogens is 1. The molecule has 2 aliphatic rings. The number of Topliss-reactive ketones (excluding diaryl/α,β-unsaturated/α-hetero) is 1. The first-order chi connectivity index (χ1) is 7.59. The number of nitrogens with two attached hydrogens (primary N) is 1. The normalized spacial score (nSPS) is 24.2. The second-order valence-electron chi connectivity index (χ2n) is 4.65. The van der Waals surface area contributed by atoms with Crippen molar-refractivity contribution in [2.24, 2.45) is 12.8 Å². The van der Waals surface area contributed by atoms with E-state index in [4.69, 9.17) is 5.73 Å². The minimum absolute atomic E-state index is 0.0321. The number of hydrogen-bond acceptors (Lipinski definition) is 3. The summed E-state index contributed by atoms with van der Waals surface area (Å²) in [6.45, 7) is 1.01. The number of allylic oxidation sites excluding steroid dienone is 1. The molecule has 16 heavy (non-hydrogen) atoms. The first kappa shape index (κ1) is 9.66. The molecule has 0 fully saturated rings. The van der Waals surface area contributed by atoms with Crippen molar-refractivity contribution < 1.29 is 4.79 Å². The molecule has 0 saturated heterocycles. The largest absolute Gasteiger partial charge is 0.396 e. The standard InChI is InChI=1S/C12H15N3O/c1-14-4-3-7-6-15(2)11-10(7)9(14)5-8(13)12(11)16/h5-6,9H,3-4,13H2,1-2H3. The number of nitrogens with zero attached hydrogens (tertiary/aromatic N) is 2. The lowest BCUT2D eigenvalue weighted by atomic mass is 9.88. The van der Waals surface area contributed by atoms with Crippen LogP contribution < -0.4 is 5.73 Å². The monoisotopic (exact) mass is 217 g/mol. The van der Waals surface area contributed by atoms with Gasteiger partial charge in [0, 0.05) is 25.4 Å². The molecule has 0 radical (unpaired) electrons. The van der Waals surface area contributed by atoms with Gasteiger partial charge in [-0.1, -0.05) is 0 Å². The van der Waals surface area contributed by atoms with Gasteiger partial charge in [-0.3, -0.25) is 9.69 Å². The molecule has 0 amide bonds. The van der Waals surface area contributed by atoms with E-state index in [1.165, 1.54) is 5.56 Å². The zero-order valence-electron chi connectivity index (χ0n) is 9.53. The van der Waals surface area contributed by atoms with Gasteiger partial charge in [-0.05, 0) is 25.1 Å². The maximum atomic E-state index is 12.0. The molecule has 1 aliphatic heterocycles. The summed E-state index contributed by atoms with van der Waals surface area (Å²) in [4.78, 5) is 14.3. The zero-order valence-corrected chi connectivity index (χ0v) is 9.53. The molecule has 0 bridgehead atoms. The molecule has 1 aromatic rings. The van der Waals surface area contributed by atoms with Gasteiger partial charge in [0.25, 0.3) is 0 Å². The molecule has 0 spiro atoms. The van der Waals surface area contributed by atoms with E-state index in [1.54, 1.807) is 0 Å². The predicted molar refractivity (Wildman–Crippen MR) is 61.1 cm³/mol. The van der Waals surface area contributed by atoms with Gasteiger partial charge < -0.3 is 10.3 Å². The van der Waals surface area contributed by atoms with Crippen molar-refractivity contribution in [1.29, 1.82) is 0 Å². The molecule has 0 aromatic carbocycles. The molecule has 3 rings (SSSR count). The Balaban J connectivity index is 2.29. The maximum absolute atomic E-state index is 12.0. The highest BCUT2D eigenvalue weighted by Gasteiger charge is 2.35. The summed E-state index contributed by atoms with van der Waals surface area (Å²) in [5.41, 5.74) is 9.39. The molecule has 2 heterocycles.